The van der Waals surface area contributed by atoms with Gasteiger partial charge in [0.05, 0.1) is 0 Å². The number of hydrogen-bond donors (Lipinski definition) is 0. The molecular weight excluding hydrogens is 148 g/mol. The van der Waals surface area contributed by atoms with Crippen molar-refractivity contribution in [3.63, 3.8) is 0 Å². The summed E-state index contributed by atoms with van der Waals surface area (Å²) in [6.45, 7) is 12.2. The van der Waals surface area contributed by atoms with E-state index in [2.05, 4.69) is 30.6 Å². The first kappa shape index (κ1) is 8.52. The SMILES string of the molecule is CC1CN(C2CN(C(C)C)C2)C1. The molecule has 2 aliphatic rings. The molecule has 0 radical (unpaired) electrons. The number of rotatable bonds is 2. The summed E-state index contributed by atoms with van der Waals surface area (Å²) in [5.74, 6) is 0.957. The predicted octanol–water partition coefficient (Wildman–Crippen LogP) is 1.03. The minimum atomic E-state index is 0.750. The number of hydrogen-bond acceptors (Lipinski definition) is 2. The topological polar surface area (TPSA) is 6.48 Å². The third kappa shape index (κ3) is 1.38. The first-order valence-corrected chi connectivity index (χ1v) is 5.15. The van der Waals surface area contributed by atoms with Crippen LogP contribution in [0.2, 0.25) is 0 Å². The first-order valence-electron chi connectivity index (χ1n) is 5.15. The van der Waals surface area contributed by atoms with Crippen LogP contribution in [0.5, 0.6) is 0 Å². The van der Waals surface area contributed by atoms with Crippen LogP contribution in [-0.4, -0.2) is 48.1 Å². The van der Waals surface area contributed by atoms with Crippen LogP contribution in [0.3, 0.4) is 0 Å². The maximum atomic E-state index is 2.63. The molecule has 70 valence electrons. The zero-order chi connectivity index (χ0) is 8.72. The van der Waals surface area contributed by atoms with E-state index < -0.39 is 0 Å². The smallest absolute Gasteiger partial charge is 0.0350 e. The van der Waals surface area contributed by atoms with Crippen LogP contribution >= 0.6 is 0 Å². The second kappa shape index (κ2) is 3.00. The van der Waals surface area contributed by atoms with E-state index in [1.165, 1.54) is 26.2 Å². The molecule has 2 fully saturated rings. The maximum absolute atomic E-state index is 2.63. The van der Waals surface area contributed by atoms with Gasteiger partial charge in [0.25, 0.3) is 0 Å². The van der Waals surface area contributed by atoms with Gasteiger partial charge in [-0.2, -0.15) is 0 Å². The Morgan fingerprint density at radius 2 is 1.67 bits per heavy atom. The van der Waals surface area contributed by atoms with Gasteiger partial charge in [-0.3, -0.25) is 9.80 Å². The van der Waals surface area contributed by atoms with Crippen LogP contribution in [0.1, 0.15) is 20.8 Å². The van der Waals surface area contributed by atoms with Crippen LogP contribution in [0, 0.1) is 5.92 Å². The summed E-state index contributed by atoms with van der Waals surface area (Å²) >= 11 is 0. The molecule has 12 heavy (non-hydrogen) atoms. The van der Waals surface area contributed by atoms with E-state index in [9.17, 15) is 0 Å². The van der Waals surface area contributed by atoms with Gasteiger partial charge in [-0.1, -0.05) is 6.92 Å². The van der Waals surface area contributed by atoms with Gasteiger partial charge in [-0.25, -0.2) is 0 Å². The van der Waals surface area contributed by atoms with Gasteiger partial charge in [0.1, 0.15) is 0 Å². The molecule has 2 saturated heterocycles. The lowest BCUT2D eigenvalue weighted by atomic mass is 9.95. The summed E-state index contributed by atoms with van der Waals surface area (Å²) in [7, 11) is 0. The highest BCUT2D eigenvalue weighted by Crippen LogP contribution is 2.24. The lowest BCUT2D eigenvalue weighted by molar-refractivity contribution is -0.0377. The molecule has 2 nitrogen and oxygen atoms in total. The molecule has 0 saturated carbocycles. The molecule has 0 bridgehead atoms. The third-order valence-corrected chi connectivity index (χ3v) is 3.23. The van der Waals surface area contributed by atoms with Gasteiger partial charge < -0.3 is 0 Å². The highest BCUT2D eigenvalue weighted by atomic mass is 15.3. The molecule has 0 atom stereocenters. The fourth-order valence-electron chi connectivity index (χ4n) is 2.19. The van der Waals surface area contributed by atoms with Crippen molar-refractivity contribution in [1.82, 2.24) is 9.80 Å². The quantitative estimate of drug-likeness (QED) is 0.607. The van der Waals surface area contributed by atoms with Crippen molar-refractivity contribution in [3.05, 3.63) is 0 Å². The summed E-state index contributed by atoms with van der Waals surface area (Å²) in [4.78, 5) is 5.18. The van der Waals surface area contributed by atoms with E-state index in [-0.39, 0.29) is 0 Å². The van der Waals surface area contributed by atoms with Crippen molar-refractivity contribution in [2.24, 2.45) is 5.92 Å². The largest absolute Gasteiger partial charge is 0.298 e. The lowest BCUT2D eigenvalue weighted by Crippen LogP contribution is -2.65. The van der Waals surface area contributed by atoms with E-state index in [1.54, 1.807) is 0 Å². The van der Waals surface area contributed by atoms with E-state index in [1.807, 2.05) is 0 Å². The minimum absolute atomic E-state index is 0.750. The Bertz CT molecular complexity index is 155. The van der Waals surface area contributed by atoms with Gasteiger partial charge in [0.15, 0.2) is 0 Å². The highest BCUT2D eigenvalue weighted by Gasteiger charge is 2.37. The van der Waals surface area contributed by atoms with Gasteiger partial charge in [-0.15, -0.1) is 0 Å². The van der Waals surface area contributed by atoms with Gasteiger partial charge in [0.2, 0.25) is 0 Å². The molecule has 0 N–H and O–H groups in total. The molecule has 0 aromatic heterocycles. The molecular formula is C10H20N2. The van der Waals surface area contributed by atoms with E-state index in [0.717, 1.165) is 18.0 Å². The van der Waals surface area contributed by atoms with Crippen LogP contribution in [0.25, 0.3) is 0 Å². The highest BCUT2D eigenvalue weighted by molar-refractivity contribution is 4.94. The van der Waals surface area contributed by atoms with Crippen molar-refractivity contribution in [2.45, 2.75) is 32.9 Å². The van der Waals surface area contributed by atoms with Crippen LogP contribution in [-0.2, 0) is 0 Å². The Morgan fingerprint density at radius 1 is 1.08 bits per heavy atom. The van der Waals surface area contributed by atoms with Crippen molar-refractivity contribution in [3.8, 4) is 0 Å². The molecule has 2 heterocycles. The van der Waals surface area contributed by atoms with Gasteiger partial charge in [-0.05, 0) is 19.8 Å². The maximum Gasteiger partial charge on any atom is 0.0350 e. The minimum Gasteiger partial charge on any atom is -0.298 e. The fraction of sp³-hybridized carbons (Fsp3) is 1.00. The van der Waals surface area contributed by atoms with Crippen molar-refractivity contribution < 1.29 is 0 Å². The van der Waals surface area contributed by atoms with Crippen LogP contribution in [0.15, 0.2) is 0 Å². The Labute approximate surface area is 75.5 Å². The van der Waals surface area contributed by atoms with E-state index >= 15 is 0 Å². The molecule has 0 amide bonds. The second-order valence-corrected chi connectivity index (χ2v) is 4.76. The van der Waals surface area contributed by atoms with Crippen LogP contribution < -0.4 is 0 Å². The van der Waals surface area contributed by atoms with Crippen molar-refractivity contribution in [1.29, 1.82) is 0 Å². The molecule has 0 aliphatic carbocycles. The van der Waals surface area contributed by atoms with E-state index in [4.69, 9.17) is 0 Å². The van der Waals surface area contributed by atoms with Crippen molar-refractivity contribution >= 4 is 0 Å². The molecule has 0 spiro atoms. The number of likely N-dealkylation sites (tertiary alicyclic amines) is 2. The van der Waals surface area contributed by atoms with Crippen LogP contribution in [0.4, 0.5) is 0 Å². The zero-order valence-corrected chi connectivity index (χ0v) is 8.45. The first-order chi connectivity index (χ1) is 5.66. The Balaban J connectivity index is 1.68. The Kier molecular flexibility index (Phi) is 2.13. The molecule has 2 aliphatic heterocycles. The monoisotopic (exact) mass is 168 g/mol. The molecule has 2 rings (SSSR count). The third-order valence-electron chi connectivity index (χ3n) is 3.23. The van der Waals surface area contributed by atoms with E-state index in [0.29, 0.717) is 0 Å². The summed E-state index contributed by atoms with van der Waals surface area (Å²) in [6.07, 6.45) is 0. The normalized spacial score (nSPS) is 29.0. The zero-order valence-electron chi connectivity index (χ0n) is 8.45. The fourth-order valence-corrected chi connectivity index (χ4v) is 2.19. The molecule has 2 heteroatoms. The van der Waals surface area contributed by atoms with Crippen molar-refractivity contribution in [2.75, 3.05) is 26.2 Å². The molecule has 0 aromatic rings. The average Bonchev–Trinajstić information content (AvgIpc) is 1.79. The Morgan fingerprint density at radius 3 is 2.08 bits per heavy atom. The van der Waals surface area contributed by atoms with Gasteiger partial charge >= 0.3 is 0 Å². The number of nitrogens with zero attached hydrogens (tertiary/aromatic N) is 2. The summed E-state index contributed by atoms with van der Waals surface area (Å²) in [6, 6.07) is 1.64. The molecule has 0 aromatic carbocycles. The lowest BCUT2D eigenvalue weighted by Gasteiger charge is -2.52. The standard InChI is InChI=1S/C10H20N2/c1-8(2)11-6-10(7-11)12-4-9(3)5-12/h8-10H,4-7H2,1-3H3. The summed E-state index contributed by atoms with van der Waals surface area (Å²) in [5.41, 5.74) is 0. The second-order valence-electron chi connectivity index (χ2n) is 4.76. The van der Waals surface area contributed by atoms with Gasteiger partial charge in [0, 0.05) is 38.3 Å². The average molecular weight is 168 g/mol. The summed E-state index contributed by atoms with van der Waals surface area (Å²) < 4.78 is 0. The predicted molar refractivity (Wildman–Crippen MR) is 51.2 cm³/mol. The Hall–Kier alpha value is -0.0800. The molecule has 0 unspecified atom stereocenters. The summed E-state index contributed by atoms with van der Waals surface area (Å²) in [5, 5.41) is 0.